The van der Waals surface area contributed by atoms with Gasteiger partial charge in [0.1, 0.15) is 12.1 Å². The summed E-state index contributed by atoms with van der Waals surface area (Å²) in [5.41, 5.74) is 7.07. The van der Waals surface area contributed by atoms with E-state index in [1.807, 2.05) is 33.9 Å². The molecule has 1 aliphatic heterocycles. The number of carbonyl (C=O) groups excluding carboxylic acids is 2. The van der Waals surface area contributed by atoms with Gasteiger partial charge in [0.25, 0.3) is 0 Å². The van der Waals surface area contributed by atoms with E-state index in [0.717, 1.165) is 29.1 Å². The van der Waals surface area contributed by atoms with Crippen molar-refractivity contribution in [1.29, 1.82) is 0 Å². The molecule has 10 nitrogen and oxygen atoms in total. The molecule has 1 saturated carbocycles. The van der Waals surface area contributed by atoms with E-state index in [1.165, 1.54) is 16.2 Å². The van der Waals surface area contributed by atoms with Crippen LogP contribution in [0.3, 0.4) is 0 Å². The average Bonchev–Trinajstić information content (AvgIpc) is 3.18. The van der Waals surface area contributed by atoms with Crippen molar-refractivity contribution in [3.63, 3.8) is 0 Å². The number of nitrogens with zero attached hydrogens (tertiary/aromatic N) is 5. The predicted molar refractivity (Wildman–Crippen MR) is 125 cm³/mol. The molecule has 0 bridgehead atoms. The molecule has 2 aromatic rings. The van der Waals surface area contributed by atoms with Crippen molar-refractivity contribution in [2.45, 2.75) is 77.5 Å². The summed E-state index contributed by atoms with van der Waals surface area (Å²) in [7, 11) is 0. The first kappa shape index (κ1) is 23.6. The Morgan fingerprint density at radius 1 is 1.36 bits per heavy atom. The van der Waals surface area contributed by atoms with Crippen molar-refractivity contribution in [2.24, 2.45) is 5.41 Å². The molecule has 33 heavy (non-hydrogen) atoms. The Morgan fingerprint density at radius 3 is 2.70 bits per heavy atom. The number of amides is 2. The molecule has 2 fully saturated rings. The molecule has 11 heteroatoms. The Balaban J connectivity index is 1.46. The number of β-amino-alcohol motifs (C(OH)–C–C–N with tert-alkyl or cyclic N) is 1. The average molecular weight is 476 g/mol. The maximum absolute atomic E-state index is 13.7. The van der Waals surface area contributed by atoms with Crippen LogP contribution < -0.4 is 11.1 Å². The number of aryl methyl sites for hydroxylation is 1. The summed E-state index contributed by atoms with van der Waals surface area (Å²) in [5, 5.41) is 22.3. The van der Waals surface area contributed by atoms with Crippen molar-refractivity contribution >= 4 is 28.3 Å². The monoisotopic (exact) mass is 475 g/mol. The van der Waals surface area contributed by atoms with Gasteiger partial charge in [0.05, 0.1) is 17.5 Å². The number of aliphatic hydroxyl groups is 1. The summed E-state index contributed by atoms with van der Waals surface area (Å²) in [6.07, 6.45) is 4.14. The number of likely N-dealkylation sites (tertiary alicyclic amines) is 1. The zero-order valence-corrected chi connectivity index (χ0v) is 20.4. The van der Waals surface area contributed by atoms with Crippen LogP contribution in [-0.4, -0.2) is 67.0 Å². The second-order valence-corrected chi connectivity index (χ2v) is 11.3. The molecule has 2 unspecified atom stereocenters. The van der Waals surface area contributed by atoms with Crippen molar-refractivity contribution in [2.75, 3.05) is 18.8 Å². The van der Waals surface area contributed by atoms with Gasteiger partial charge in [-0.1, -0.05) is 26.0 Å². The molecule has 4 N–H and O–H groups in total. The lowest BCUT2D eigenvalue weighted by Gasteiger charge is -2.34. The number of rotatable bonds is 7. The third-order valence-electron chi connectivity index (χ3n) is 6.27. The number of aromatic nitrogens is 4. The van der Waals surface area contributed by atoms with Crippen LogP contribution in [0.2, 0.25) is 0 Å². The maximum Gasteiger partial charge on any atom is 0.248 e. The molecule has 2 amide bonds. The minimum atomic E-state index is -0.744. The lowest BCUT2D eigenvalue weighted by Crippen LogP contribution is -2.50. The minimum Gasteiger partial charge on any atom is -0.391 e. The number of nitrogen functional groups attached to an aromatic ring is 1. The highest BCUT2D eigenvalue weighted by Gasteiger charge is 2.45. The van der Waals surface area contributed by atoms with Crippen LogP contribution in [0, 0.1) is 12.3 Å². The molecule has 2 aromatic heterocycles. The fourth-order valence-corrected chi connectivity index (χ4v) is 5.26. The van der Waals surface area contributed by atoms with Gasteiger partial charge in [-0.2, -0.15) is 0 Å². The fourth-order valence-electron chi connectivity index (χ4n) is 4.43. The predicted octanol–water partition coefficient (Wildman–Crippen LogP) is 1.41. The van der Waals surface area contributed by atoms with Gasteiger partial charge in [-0.3, -0.25) is 9.59 Å². The molecule has 4 rings (SSSR count). The number of aliphatic hydroxyl groups excluding tert-OH is 1. The van der Waals surface area contributed by atoms with Gasteiger partial charge in [-0.15, -0.1) is 16.4 Å². The van der Waals surface area contributed by atoms with Gasteiger partial charge >= 0.3 is 0 Å². The normalized spacial score (nSPS) is 21.9. The summed E-state index contributed by atoms with van der Waals surface area (Å²) in [4.78, 5) is 33.5. The first-order valence-corrected chi connectivity index (χ1v) is 12.3. The van der Waals surface area contributed by atoms with E-state index in [1.54, 1.807) is 4.68 Å². The molecule has 3 heterocycles. The molecule has 0 aromatic carbocycles. The topological polar surface area (TPSA) is 139 Å². The van der Waals surface area contributed by atoms with Crippen LogP contribution in [0.4, 0.5) is 5.13 Å². The summed E-state index contributed by atoms with van der Waals surface area (Å²) in [6, 6.07) is -1.35. The van der Waals surface area contributed by atoms with Crippen molar-refractivity contribution < 1.29 is 14.7 Å². The highest BCUT2D eigenvalue weighted by molar-refractivity contribution is 7.15. The van der Waals surface area contributed by atoms with E-state index >= 15 is 0 Å². The second kappa shape index (κ2) is 9.02. The quantitative estimate of drug-likeness (QED) is 0.550. The van der Waals surface area contributed by atoms with E-state index in [0.29, 0.717) is 24.0 Å². The van der Waals surface area contributed by atoms with Gasteiger partial charge in [0.15, 0.2) is 5.13 Å². The van der Waals surface area contributed by atoms with Gasteiger partial charge in [-0.25, -0.2) is 9.67 Å². The van der Waals surface area contributed by atoms with Crippen molar-refractivity contribution in [3.05, 3.63) is 22.5 Å². The molecular formula is C22H33N7O3S. The third kappa shape index (κ3) is 5.19. The number of nitrogens with two attached hydrogens (primary N) is 1. The lowest BCUT2D eigenvalue weighted by atomic mass is 9.85. The molecule has 3 atom stereocenters. The van der Waals surface area contributed by atoms with E-state index in [9.17, 15) is 14.7 Å². The highest BCUT2D eigenvalue weighted by Crippen LogP contribution is 2.40. The zero-order valence-electron chi connectivity index (χ0n) is 19.6. The van der Waals surface area contributed by atoms with Gasteiger partial charge in [0, 0.05) is 42.9 Å². The fraction of sp³-hybridized carbons (Fsp3) is 0.682. The third-order valence-corrected chi connectivity index (χ3v) is 7.31. The Bertz CT molecular complexity index is 1020. The van der Waals surface area contributed by atoms with Crippen LogP contribution in [0.15, 0.2) is 6.20 Å². The first-order valence-electron chi connectivity index (χ1n) is 11.4. The van der Waals surface area contributed by atoms with Gasteiger partial charge in [0.2, 0.25) is 11.8 Å². The standard InChI is InChI=1S/C22H33N7O3S/c1-12-17(33-21(23)25-12)7-8-24-19(31)16-9-14(30)10-28(16)20(32)18(22(2,3)4)29-11-15(26-27-29)13-5-6-13/h11,13-14,16,18,30H,5-10H2,1-4H3,(H2,23,25)(H,24,31)/t14?,16?,18-/m1/s1. The lowest BCUT2D eigenvalue weighted by molar-refractivity contribution is -0.144. The zero-order chi connectivity index (χ0) is 23.9. The number of nitrogens with one attached hydrogen (secondary N) is 1. The highest BCUT2D eigenvalue weighted by atomic mass is 32.1. The number of anilines is 1. The summed E-state index contributed by atoms with van der Waals surface area (Å²) >= 11 is 1.41. The molecule has 1 aliphatic carbocycles. The Morgan fingerprint density at radius 2 is 2.09 bits per heavy atom. The number of hydrogen-bond donors (Lipinski definition) is 3. The molecular weight excluding hydrogens is 442 g/mol. The largest absolute Gasteiger partial charge is 0.391 e. The second-order valence-electron chi connectivity index (χ2n) is 10.2. The van der Waals surface area contributed by atoms with Crippen LogP contribution in [0.5, 0.6) is 0 Å². The first-order chi connectivity index (χ1) is 15.5. The molecule has 0 radical (unpaired) electrons. The van der Waals surface area contributed by atoms with Crippen molar-refractivity contribution in [3.8, 4) is 0 Å². The summed E-state index contributed by atoms with van der Waals surface area (Å²) in [6.45, 7) is 8.34. The van der Waals surface area contributed by atoms with Crippen LogP contribution in [0.25, 0.3) is 0 Å². The Kier molecular flexibility index (Phi) is 6.45. The Hall–Kier alpha value is -2.53. The minimum absolute atomic E-state index is 0.123. The molecule has 0 spiro atoms. The summed E-state index contributed by atoms with van der Waals surface area (Å²) < 4.78 is 1.63. The van der Waals surface area contributed by atoms with Crippen LogP contribution in [0.1, 0.15) is 68.3 Å². The van der Waals surface area contributed by atoms with Gasteiger partial charge < -0.3 is 21.1 Å². The van der Waals surface area contributed by atoms with E-state index < -0.39 is 23.6 Å². The molecule has 180 valence electrons. The smallest absolute Gasteiger partial charge is 0.248 e. The number of hydrogen-bond acceptors (Lipinski definition) is 8. The summed E-state index contributed by atoms with van der Waals surface area (Å²) in [5.74, 6) is -0.0587. The van der Waals surface area contributed by atoms with E-state index in [4.69, 9.17) is 5.73 Å². The molecule has 1 saturated heterocycles. The SMILES string of the molecule is Cc1nc(N)sc1CCNC(=O)C1CC(O)CN1C(=O)[C@@H](n1cc(C2CC2)nn1)C(C)(C)C. The van der Waals surface area contributed by atoms with E-state index in [-0.39, 0.29) is 24.8 Å². The van der Waals surface area contributed by atoms with Crippen LogP contribution in [-0.2, 0) is 16.0 Å². The number of carbonyl (C=O) groups is 2. The maximum atomic E-state index is 13.7. The Labute approximate surface area is 197 Å². The molecule has 2 aliphatic rings. The van der Waals surface area contributed by atoms with Gasteiger partial charge in [-0.05, 0) is 25.2 Å². The van der Waals surface area contributed by atoms with E-state index in [2.05, 4.69) is 20.6 Å². The van der Waals surface area contributed by atoms with Crippen molar-refractivity contribution in [1.82, 2.24) is 30.2 Å². The number of thiazole rings is 1. The van der Waals surface area contributed by atoms with Crippen LogP contribution >= 0.6 is 11.3 Å².